The van der Waals surface area contributed by atoms with E-state index in [1.165, 1.54) is 0 Å². The van der Waals surface area contributed by atoms with Crippen molar-refractivity contribution < 1.29 is 14.3 Å². The maximum Gasteiger partial charge on any atom is 0.242 e. The first-order chi connectivity index (χ1) is 10.2. The summed E-state index contributed by atoms with van der Waals surface area (Å²) in [7, 11) is 3.26. The quantitative estimate of drug-likeness (QED) is 0.926. The summed E-state index contributed by atoms with van der Waals surface area (Å²) in [6.07, 6.45) is 0. The number of nitrogens with one attached hydrogen (secondary N) is 1. The number of hydrogen-bond acceptors (Lipinski definition) is 4. The van der Waals surface area contributed by atoms with Crippen LogP contribution in [0.4, 0.5) is 0 Å². The van der Waals surface area contributed by atoms with Crippen molar-refractivity contribution in [1.29, 1.82) is 0 Å². The highest BCUT2D eigenvalue weighted by Gasteiger charge is 2.43. The molecule has 1 aromatic rings. The molecule has 1 aliphatic heterocycles. The van der Waals surface area contributed by atoms with Gasteiger partial charge in [0.25, 0.3) is 0 Å². The van der Waals surface area contributed by atoms with E-state index in [4.69, 9.17) is 9.47 Å². The smallest absolute Gasteiger partial charge is 0.242 e. The van der Waals surface area contributed by atoms with Gasteiger partial charge in [0.15, 0.2) is 0 Å². The third-order valence-corrected chi connectivity index (χ3v) is 3.91. The summed E-state index contributed by atoms with van der Waals surface area (Å²) in [5, 5.41) is 3.40. The molecule has 122 valence electrons. The lowest BCUT2D eigenvalue weighted by atomic mass is 9.90. The summed E-state index contributed by atoms with van der Waals surface area (Å²) in [6, 6.07) is 5.69. The van der Waals surface area contributed by atoms with E-state index in [2.05, 4.69) is 19.2 Å². The largest absolute Gasteiger partial charge is 0.497 e. The number of hydrogen-bond donors (Lipinski definition) is 1. The Labute approximate surface area is 132 Å². The van der Waals surface area contributed by atoms with Crippen LogP contribution in [0.2, 0.25) is 0 Å². The molecule has 5 heteroatoms. The third-order valence-electron chi connectivity index (χ3n) is 3.91. The lowest BCUT2D eigenvalue weighted by Crippen LogP contribution is -2.69. The Hall–Kier alpha value is -1.75. The number of nitrogens with zero attached hydrogens (tertiary/aromatic N) is 1. The summed E-state index contributed by atoms with van der Waals surface area (Å²) in [6.45, 7) is 9.26. The Balaban J connectivity index is 2.27. The molecule has 1 aromatic carbocycles. The molecule has 1 amide bonds. The van der Waals surface area contributed by atoms with Gasteiger partial charge in [-0.15, -0.1) is 0 Å². The predicted molar refractivity (Wildman–Crippen MR) is 86.3 cm³/mol. The molecule has 2 rings (SSSR count). The van der Waals surface area contributed by atoms with Crippen molar-refractivity contribution in [3.63, 3.8) is 0 Å². The SMILES string of the molecule is COc1ccc(CN2CC(C)(C)NC(C)(C)C2=O)c(OC)c1. The summed E-state index contributed by atoms with van der Waals surface area (Å²) in [5.41, 5.74) is 0.281. The van der Waals surface area contributed by atoms with Crippen LogP contribution in [0.15, 0.2) is 18.2 Å². The standard InChI is InChI=1S/C17H26N2O3/c1-16(2)11-19(15(20)17(3,4)18-16)10-12-7-8-13(21-5)9-14(12)22-6/h7-9,18H,10-11H2,1-6H3. The maximum atomic E-state index is 12.7. The molecule has 0 bridgehead atoms. The number of benzene rings is 1. The molecular weight excluding hydrogens is 280 g/mol. The van der Waals surface area contributed by atoms with Gasteiger partial charge in [-0.05, 0) is 39.8 Å². The molecule has 1 fully saturated rings. The number of rotatable bonds is 4. The van der Waals surface area contributed by atoms with Crippen LogP contribution in [-0.2, 0) is 11.3 Å². The van der Waals surface area contributed by atoms with Gasteiger partial charge < -0.3 is 14.4 Å². The zero-order valence-electron chi connectivity index (χ0n) is 14.3. The fourth-order valence-electron chi connectivity index (χ4n) is 3.20. The van der Waals surface area contributed by atoms with E-state index in [1.54, 1.807) is 14.2 Å². The molecular formula is C17H26N2O3. The fraction of sp³-hybridized carbons (Fsp3) is 0.588. The van der Waals surface area contributed by atoms with Gasteiger partial charge in [0.1, 0.15) is 11.5 Å². The van der Waals surface area contributed by atoms with Crippen LogP contribution in [0.25, 0.3) is 0 Å². The maximum absolute atomic E-state index is 12.7. The molecule has 0 aliphatic carbocycles. The Bertz CT molecular complexity index is 567. The Morgan fingerprint density at radius 1 is 1.18 bits per heavy atom. The second-order valence-electron chi connectivity index (χ2n) is 6.97. The third kappa shape index (κ3) is 3.35. The average molecular weight is 306 g/mol. The number of amides is 1. The number of methoxy groups -OCH3 is 2. The van der Waals surface area contributed by atoms with Gasteiger partial charge in [0.05, 0.1) is 19.8 Å². The van der Waals surface area contributed by atoms with Crippen molar-refractivity contribution in [1.82, 2.24) is 10.2 Å². The van der Waals surface area contributed by atoms with Crippen LogP contribution in [0.1, 0.15) is 33.3 Å². The van der Waals surface area contributed by atoms with Crippen molar-refractivity contribution in [3.8, 4) is 11.5 Å². The van der Waals surface area contributed by atoms with Gasteiger partial charge in [0.2, 0.25) is 5.91 Å². The van der Waals surface area contributed by atoms with E-state index in [1.807, 2.05) is 36.9 Å². The van der Waals surface area contributed by atoms with Gasteiger partial charge in [0, 0.05) is 30.3 Å². The lowest BCUT2D eigenvalue weighted by Gasteiger charge is -2.47. The molecule has 1 N–H and O–H groups in total. The highest BCUT2D eigenvalue weighted by Crippen LogP contribution is 2.29. The fourth-order valence-corrected chi connectivity index (χ4v) is 3.20. The van der Waals surface area contributed by atoms with Crippen LogP contribution in [0.5, 0.6) is 11.5 Å². The minimum atomic E-state index is -0.568. The molecule has 22 heavy (non-hydrogen) atoms. The molecule has 1 saturated heterocycles. The van der Waals surface area contributed by atoms with E-state index < -0.39 is 5.54 Å². The summed E-state index contributed by atoms with van der Waals surface area (Å²) in [5.74, 6) is 1.58. The van der Waals surface area contributed by atoms with Crippen LogP contribution in [0, 0.1) is 0 Å². The number of carbonyl (C=O) groups excluding carboxylic acids is 1. The van der Waals surface area contributed by atoms with Crippen LogP contribution < -0.4 is 14.8 Å². The highest BCUT2D eigenvalue weighted by atomic mass is 16.5. The summed E-state index contributed by atoms with van der Waals surface area (Å²) < 4.78 is 10.7. The zero-order chi connectivity index (χ0) is 16.5. The van der Waals surface area contributed by atoms with E-state index in [0.717, 1.165) is 17.1 Å². The minimum Gasteiger partial charge on any atom is -0.497 e. The van der Waals surface area contributed by atoms with Crippen molar-refractivity contribution in [2.24, 2.45) is 0 Å². The molecule has 0 unspecified atom stereocenters. The molecule has 1 heterocycles. The number of ether oxygens (including phenoxy) is 2. The van der Waals surface area contributed by atoms with Crippen LogP contribution in [0.3, 0.4) is 0 Å². The van der Waals surface area contributed by atoms with Gasteiger partial charge in [-0.25, -0.2) is 0 Å². The second-order valence-corrected chi connectivity index (χ2v) is 6.97. The molecule has 0 atom stereocenters. The first kappa shape index (κ1) is 16.6. The number of carbonyl (C=O) groups is 1. The summed E-state index contributed by atoms with van der Waals surface area (Å²) in [4.78, 5) is 14.5. The van der Waals surface area contributed by atoms with E-state index in [0.29, 0.717) is 13.1 Å². The Kier molecular flexibility index (Phi) is 4.38. The van der Waals surface area contributed by atoms with E-state index in [9.17, 15) is 4.79 Å². The molecule has 0 spiro atoms. The minimum absolute atomic E-state index is 0.102. The molecule has 0 radical (unpaired) electrons. The van der Waals surface area contributed by atoms with Crippen LogP contribution in [-0.4, -0.2) is 42.6 Å². The van der Waals surface area contributed by atoms with Crippen molar-refractivity contribution in [2.75, 3.05) is 20.8 Å². The van der Waals surface area contributed by atoms with Gasteiger partial charge in [-0.1, -0.05) is 0 Å². The molecule has 5 nitrogen and oxygen atoms in total. The Morgan fingerprint density at radius 3 is 2.45 bits per heavy atom. The lowest BCUT2D eigenvalue weighted by molar-refractivity contribution is -0.144. The van der Waals surface area contributed by atoms with E-state index >= 15 is 0 Å². The summed E-state index contributed by atoms with van der Waals surface area (Å²) >= 11 is 0. The zero-order valence-corrected chi connectivity index (χ0v) is 14.3. The van der Waals surface area contributed by atoms with E-state index in [-0.39, 0.29) is 11.4 Å². The monoisotopic (exact) mass is 306 g/mol. The van der Waals surface area contributed by atoms with Gasteiger partial charge in [-0.2, -0.15) is 0 Å². The van der Waals surface area contributed by atoms with Crippen molar-refractivity contribution >= 4 is 5.91 Å². The number of piperazine rings is 1. The van der Waals surface area contributed by atoms with Crippen molar-refractivity contribution in [2.45, 2.75) is 45.3 Å². The molecule has 0 aromatic heterocycles. The topological polar surface area (TPSA) is 50.8 Å². The molecule has 0 saturated carbocycles. The normalized spacial score (nSPS) is 19.9. The second kappa shape index (κ2) is 5.80. The highest BCUT2D eigenvalue weighted by molar-refractivity contribution is 5.86. The van der Waals surface area contributed by atoms with Crippen LogP contribution >= 0.6 is 0 Å². The Morgan fingerprint density at radius 2 is 1.86 bits per heavy atom. The van der Waals surface area contributed by atoms with Gasteiger partial charge >= 0.3 is 0 Å². The first-order valence-electron chi connectivity index (χ1n) is 7.48. The molecule has 1 aliphatic rings. The predicted octanol–water partition coefficient (Wildman–Crippen LogP) is 2.19. The van der Waals surface area contributed by atoms with Crippen molar-refractivity contribution in [3.05, 3.63) is 23.8 Å². The average Bonchev–Trinajstić information content (AvgIpc) is 2.43. The first-order valence-corrected chi connectivity index (χ1v) is 7.48. The van der Waals surface area contributed by atoms with Gasteiger partial charge in [-0.3, -0.25) is 10.1 Å².